The summed E-state index contributed by atoms with van der Waals surface area (Å²) in [6, 6.07) is 120. The van der Waals surface area contributed by atoms with Gasteiger partial charge in [-0.05, 0) is 164 Å². The zero-order valence-corrected chi connectivity index (χ0v) is 52.8. The van der Waals surface area contributed by atoms with Crippen LogP contribution in [-0.4, -0.2) is 18.3 Å². The van der Waals surface area contributed by atoms with Gasteiger partial charge in [0, 0.05) is 87.4 Å². The first-order valence-corrected chi connectivity index (χ1v) is 33.6. The van der Waals surface area contributed by atoms with Gasteiger partial charge in [-0.25, -0.2) is 0 Å². The molecular weight excluding hydrogens is 1190 g/mol. The van der Waals surface area contributed by atoms with Crippen LogP contribution in [0.3, 0.4) is 0 Å². The standard InChI is InChI=1S/C92H54N4O2/c1-2-16-55(17-3-1)58-38-45-77-84(54-58)93(61-39-34-56(35-40-61)57-36-41-62(42-37-57)95-81-27-11-6-20-69(81)74-48-49-75-70-21-7-12-30-85(70)97-91(75)89(74)95)82-28-14-23-72(87(77)82)73-24-15-29-83-88(73)78-51-50-76-71-22-8-13-31-86(71)98-92(76)90(78)96(83)64-44-47-66-60(53-64)33-32-59-52-63(43-46-65(59)66)94-79-25-9-4-18-67(79)68-19-5-10-26-80(68)94/h1-54H. The summed E-state index contributed by atoms with van der Waals surface area (Å²) in [5, 5.41) is 18.8. The Bertz CT molecular complexity index is 7100. The maximum atomic E-state index is 7.05. The maximum Gasteiger partial charge on any atom is 0.160 e. The maximum absolute atomic E-state index is 7.05. The number of aromatic nitrogens is 4. The average molecular weight is 1250 g/mol. The predicted octanol–water partition coefficient (Wildman–Crippen LogP) is 25.2. The van der Waals surface area contributed by atoms with Crippen LogP contribution < -0.4 is 0 Å². The predicted molar refractivity (Wildman–Crippen MR) is 410 cm³/mol. The van der Waals surface area contributed by atoms with Crippen LogP contribution in [0, 0.1) is 0 Å². The van der Waals surface area contributed by atoms with Crippen molar-refractivity contribution < 1.29 is 8.83 Å². The van der Waals surface area contributed by atoms with Crippen molar-refractivity contribution in [1.29, 1.82) is 0 Å². The summed E-state index contributed by atoms with van der Waals surface area (Å²) in [5.74, 6) is 0. The van der Waals surface area contributed by atoms with Crippen LogP contribution in [0.5, 0.6) is 0 Å². The van der Waals surface area contributed by atoms with E-state index in [1.165, 1.54) is 81.4 Å². The number of para-hydroxylation sites is 5. The second-order valence-electron chi connectivity index (χ2n) is 26.2. The van der Waals surface area contributed by atoms with E-state index in [2.05, 4.69) is 340 Å². The summed E-state index contributed by atoms with van der Waals surface area (Å²) < 4.78 is 23.4. The highest BCUT2D eigenvalue weighted by Crippen LogP contribution is 2.49. The van der Waals surface area contributed by atoms with Crippen molar-refractivity contribution >= 4 is 153 Å². The van der Waals surface area contributed by atoms with Gasteiger partial charge in [-0.2, -0.15) is 0 Å². The monoisotopic (exact) mass is 1250 g/mol. The number of fused-ring (bicyclic) bond motifs is 23. The van der Waals surface area contributed by atoms with E-state index in [9.17, 15) is 0 Å². The summed E-state index contributed by atoms with van der Waals surface area (Å²) in [6.45, 7) is 0. The molecule has 6 aromatic heterocycles. The molecule has 0 atom stereocenters. The van der Waals surface area contributed by atoms with E-state index < -0.39 is 0 Å². The van der Waals surface area contributed by atoms with Gasteiger partial charge in [0.05, 0.1) is 44.1 Å². The Kier molecular flexibility index (Phi) is 11.0. The minimum absolute atomic E-state index is 0.872. The first-order chi connectivity index (χ1) is 48.6. The smallest absolute Gasteiger partial charge is 0.160 e. The van der Waals surface area contributed by atoms with E-state index in [0.717, 1.165) is 127 Å². The van der Waals surface area contributed by atoms with E-state index >= 15 is 0 Å². The van der Waals surface area contributed by atoms with Gasteiger partial charge in [-0.1, -0.05) is 218 Å². The molecule has 22 aromatic rings. The van der Waals surface area contributed by atoms with Crippen molar-refractivity contribution in [3.63, 3.8) is 0 Å². The van der Waals surface area contributed by atoms with Gasteiger partial charge >= 0.3 is 0 Å². The Morgan fingerprint density at radius 3 is 1.16 bits per heavy atom. The first-order valence-electron chi connectivity index (χ1n) is 33.6. The number of furan rings is 2. The number of nitrogens with zero attached hydrogens (tertiary/aromatic N) is 4. The lowest BCUT2D eigenvalue weighted by atomic mass is 9.94. The number of benzene rings is 16. The van der Waals surface area contributed by atoms with Crippen LogP contribution in [0.1, 0.15) is 0 Å². The molecule has 0 amide bonds. The van der Waals surface area contributed by atoms with Crippen LogP contribution in [0.2, 0.25) is 0 Å². The van der Waals surface area contributed by atoms with Crippen LogP contribution in [0.25, 0.3) is 209 Å². The molecule has 0 aliphatic rings. The van der Waals surface area contributed by atoms with Crippen LogP contribution in [0.15, 0.2) is 336 Å². The van der Waals surface area contributed by atoms with Crippen molar-refractivity contribution in [3.8, 4) is 56.1 Å². The molecule has 0 saturated carbocycles. The van der Waals surface area contributed by atoms with Crippen molar-refractivity contribution in [3.05, 3.63) is 328 Å². The van der Waals surface area contributed by atoms with Gasteiger partial charge < -0.3 is 27.1 Å². The molecule has 0 aliphatic heterocycles. The third kappa shape index (κ3) is 7.51. The molecule has 0 unspecified atom stereocenters. The topological polar surface area (TPSA) is 46.0 Å². The van der Waals surface area contributed by atoms with Gasteiger partial charge in [0.15, 0.2) is 11.2 Å². The first kappa shape index (κ1) is 53.2. The van der Waals surface area contributed by atoms with Gasteiger partial charge in [0.2, 0.25) is 0 Å². The molecule has 6 heterocycles. The summed E-state index contributed by atoms with van der Waals surface area (Å²) in [4.78, 5) is 0. The molecule has 0 fully saturated rings. The average Bonchev–Trinajstić information content (AvgIpc) is 1.55. The lowest BCUT2D eigenvalue weighted by Gasteiger charge is -2.13. The molecule has 6 heteroatoms. The molecule has 0 saturated heterocycles. The fourth-order valence-electron chi connectivity index (χ4n) is 16.8. The zero-order chi connectivity index (χ0) is 63.8. The molecule has 454 valence electrons. The second-order valence-corrected chi connectivity index (χ2v) is 26.2. The van der Waals surface area contributed by atoms with E-state index in [1.54, 1.807) is 0 Å². The largest absolute Gasteiger partial charge is 0.454 e. The molecule has 0 radical (unpaired) electrons. The van der Waals surface area contributed by atoms with Crippen molar-refractivity contribution in [1.82, 2.24) is 18.3 Å². The van der Waals surface area contributed by atoms with Gasteiger partial charge in [-0.3, -0.25) is 0 Å². The summed E-state index contributed by atoms with van der Waals surface area (Å²) in [6.07, 6.45) is 0. The van der Waals surface area contributed by atoms with Crippen molar-refractivity contribution in [2.75, 3.05) is 0 Å². The molecule has 0 aliphatic carbocycles. The third-order valence-electron chi connectivity index (χ3n) is 21.1. The molecular formula is C92H54N4O2. The van der Waals surface area contributed by atoms with Crippen LogP contribution in [-0.2, 0) is 0 Å². The van der Waals surface area contributed by atoms with Crippen LogP contribution >= 0.6 is 0 Å². The molecule has 16 aromatic carbocycles. The zero-order valence-electron chi connectivity index (χ0n) is 52.8. The highest BCUT2D eigenvalue weighted by Gasteiger charge is 2.26. The Balaban J connectivity index is 0.697. The number of hydrogen-bond acceptors (Lipinski definition) is 2. The summed E-state index contributed by atoms with van der Waals surface area (Å²) >= 11 is 0. The van der Waals surface area contributed by atoms with E-state index in [-0.39, 0.29) is 0 Å². The third-order valence-corrected chi connectivity index (χ3v) is 21.1. The SMILES string of the molecule is c1ccc(-c2ccc3c4c(-c5cccc6c5c5ccc7c8ccccc8oc7c5n6-c5ccc6c(ccc7cc(-n8c9ccccc9c9ccccc98)ccc76)c5)cccc4n(-c4ccc(-c5ccc(-n6c7ccccc7c7ccc8c9ccccc9oc8c76)cc5)cc4)c3c2)cc1. The van der Waals surface area contributed by atoms with E-state index in [0.29, 0.717) is 0 Å². The fraction of sp³-hybridized carbons (Fsp3) is 0. The molecule has 6 nitrogen and oxygen atoms in total. The fourth-order valence-corrected chi connectivity index (χ4v) is 16.8. The molecule has 22 rings (SSSR count). The highest BCUT2D eigenvalue weighted by atomic mass is 16.3. The molecule has 0 N–H and O–H groups in total. The molecule has 98 heavy (non-hydrogen) atoms. The Morgan fingerprint density at radius 1 is 0.194 bits per heavy atom. The Labute approximate surface area is 560 Å². The Morgan fingerprint density at radius 2 is 0.571 bits per heavy atom. The van der Waals surface area contributed by atoms with Gasteiger partial charge in [-0.15, -0.1) is 0 Å². The van der Waals surface area contributed by atoms with Crippen molar-refractivity contribution in [2.24, 2.45) is 0 Å². The summed E-state index contributed by atoms with van der Waals surface area (Å²) in [5.41, 5.74) is 23.9. The Hall–Kier alpha value is -13.2. The lowest BCUT2D eigenvalue weighted by Crippen LogP contribution is -1.95. The minimum atomic E-state index is 0.872. The minimum Gasteiger partial charge on any atom is -0.454 e. The quantitative estimate of drug-likeness (QED) is 0.149. The van der Waals surface area contributed by atoms with Gasteiger partial charge in [0.25, 0.3) is 0 Å². The van der Waals surface area contributed by atoms with E-state index in [4.69, 9.17) is 8.83 Å². The number of hydrogen-bond donors (Lipinski definition) is 0. The highest BCUT2D eigenvalue weighted by molar-refractivity contribution is 6.28. The number of rotatable bonds is 7. The molecule has 0 bridgehead atoms. The van der Waals surface area contributed by atoms with Gasteiger partial charge in [0.1, 0.15) is 11.2 Å². The van der Waals surface area contributed by atoms with Crippen LogP contribution in [0.4, 0.5) is 0 Å². The second kappa shape index (κ2) is 20.2. The normalized spacial score (nSPS) is 12.3. The summed E-state index contributed by atoms with van der Waals surface area (Å²) in [7, 11) is 0. The lowest BCUT2D eigenvalue weighted by molar-refractivity contribution is 0.670. The van der Waals surface area contributed by atoms with E-state index in [1.807, 2.05) is 6.07 Å². The molecule has 0 spiro atoms. The van der Waals surface area contributed by atoms with Crippen molar-refractivity contribution in [2.45, 2.75) is 0 Å².